The second-order valence-electron chi connectivity index (χ2n) is 2.18. The van der Waals surface area contributed by atoms with E-state index in [1.54, 1.807) is 11.5 Å². The minimum atomic E-state index is 1.19. The largest absolute Gasteiger partial charge is 0.201 e. The van der Waals surface area contributed by atoms with Crippen LogP contribution in [-0.4, -0.2) is 4.37 Å². The lowest BCUT2D eigenvalue weighted by molar-refractivity contribution is 0.933. The second kappa shape index (κ2) is 2.97. The minimum Gasteiger partial charge on any atom is -0.201 e. The third-order valence-corrected chi connectivity index (χ3v) is 2.28. The van der Waals surface area contributed by atoms with Gasteiger partial charge in [-0.3, -0.25) is 0 Å². The lowest BCUT2D eigenvalue weighted by Gasteiger charge is -1.90. The van der Waals surface area contributed by atoms with Crippen molar-refractivity contribution in [2.45, 2.75) is 26.7 Å². The van der Waals surface area contributed by atoms with Crippen LogP contribution in [0.4, 0.5) is 0 Å². The van der Waals surface area contributed by atoms with Gasteiger partial charge in [0.25, 0.3) is 0 Å². The highest BCUT2D eigenvalue weighted by Gasteiger charge is 1.96. The molecule has 0 amide bonds. The maximum atomic E-state index is 4.08. The Morgan fingerprint density at radius 2 is 2.44 bits per heavy atom. The van der Waals surface area contributed by atoms with E-state index < -0.39 is 0 Å². The summed E-state index contributed by atoms with van der Waals surface area (Å²) in [6.07, 6.45) is 4.36. The normalized spacial score (nSPS) is 10.0. The Hall–Kier alpha value is -0.370. The van der Waals surface area contributed by atoms with Gasteiger partial charge in [0.1, 0.15) is 0 Å². The van der Waals surface area contributed by atoms with Gasteiger partial charge in [0.05, 0.1) is 0 Å². The Balaban J connectivity index is 2.69. The number of aromatic nitrogens is 1. The molecule has 0 saturated heterocycles. The summed E-state index contributed by atoms with van der Waals surface area (Å²) in [5.41, 5.74) is 1.35. The highest BCUT2D eigenvalue weighted by Crippen LogP contribution is 2.13. The van der Waals surface area contributed by atoms with Crippen LogP contribution in [0.15, 0.2) is 6.20 Å². The molecule has 0 aliphatic rings. The van der Waals surface area contributed by atoms with Gasteiger partial charge in [0, 0.05) is 11.1 Å². The first kappa shape index (κ1) is 6.75. The Labute approximate surface area is 59.9 Å². The fourth-order valence-corrected chi connectivity index (χ4v) is 1.61. The molecule has 2 heteroatoms. The van der Waals surface area contributed by atoms with E-state index in [2.05, 4.69) is 18.2 Å². The fraction of sp³-hybridized carbons (Fsp3) is 0.571. The van der Waals surface area contributed by atoms with Crippen molar-refractivity contribution in [1.29, 1.82) is 0 Å². The van der Waals surface area contributed by atoms with E-state index in [0.29, 0.717) is 0 Å². The number of nitrogens with zero attached hydrogens (tertiary/aromatic N) is 1. The van der Waals surface area contributed by atoms with Gasteiger partial charge in [0.15, 0.2) is 0 Å². The average Bonchev–Trinajstić information content (AvgIpc) is 2.18. The van der Waals surface area contributed by atoms with Crippen LogP contribution < -0.4 is 0 Å². The number of hydrogen-bond donors (Lipinski definition) is 0. The molecule has 0 spiro atoms. The van der Waals surface area contributed by atoms with Gasteiger partial charge in [-0.05, 0) is 30.4 Å². The summed E-state index contributed by atoms with van der Waals surface area (Å²) in [6, 6.07) is 0. The van der Waals surface area contributed by atoms with Crippen LogP contribution in [0.1, 0.15) is 23.8 Å². The van der Waals surface area contributed by atoms with Crippen molar-refractivity contribution in [2.24, 2.45) is 0 Å². The smallest absolute Gasteiger partial charge is 0.0438 e. The van der Waals surface area contributed by atoms with E-state index in [-0.39, 0.29) is 0 Å². The molecule has 1 heterocycles. The topological polar surface area (TPSA) is 12.9 Å². The average molecular weight is 141 g/mol. The summed E-state index contributed by atoms with van der Waals surface area (Å²) in [5, 5.41) is 0. The van der Waals surface area contributed by atoms with Gasteiger partial charge >= 0.3 is 0 Å². The molecule has 1 aromatic rings. The van der Waals surface area contributed by atoms with Crippen molar-refractivity contribution in [2.75, 3.05) is 0 Å². The molecular formula is C7H11NS. The van der Waals surface area contributed by atoms with Crippen LogP contribution in [-0.2, 0) is 6.42 Å². The molecule has 0 radical (unpaired) electrons. The highest BCUT2D eigenvalue weighted by atomic mass is 32.1. The standard InChI is InChI=1S/C7H11NS/c1-3-4-7-6(2)5-8-9-7/h5H,3-4H2,1-2H3. The molecule has 0 aromatic carbocycles. The molecular weight excluding hydrogens is 130 g/mol. The van der Waals surface area contributed by atoms with E-state index in [0.717, 1.165) is 0 Å². The third kappa shape index (κ3) is 1.52. The van der Waals surface area contributed by atoms with Gasteiger partial charge < -0.3 is 0 Å². The summed E-state index contributed by atoms with van der Waals surface area (Å²) in [7, 11) is 0. The summed E-state index contributed by atoms with van der Waals surface area (Å²) < 4.78 is 4.08. The molecule has 0 unspecified atom stereocenters. The van der Waals surface area contributed by atoms with Crippen molar-refractivity contribution in [3.05, 3.63) is 16.6 Å². The Morgan fingerprint density at radius 3 is 2.89 bits per heavy atom. The lowest BCUT2D eigenvalue weighted by atomic mass is 10.2. The zero-order valence-electron chi connectivity index (χ0n) is 5.85. The SMILES string of the molecule is CCCc1sncc1C. The molecule has 0 saturated carbocycles. The second-order valence-corrected chi connectivity index (χ2v) is 3.07. The molecule has 9 heavy (non-hydrogen) atoms. The molecule has 1 nitrogen and oxygen atoms in total. The quantitative estimate of drug-likeness (QED) is 0.616. The van der Waals surface area contributed by atoms with Crippen LogP contribution in [0, 0.1) is 6.92 Å². The molecule has 1 rings (SSSR count). The predicted molar refractivity (Wildman–Crippen MR) is 40.8 cm³/mol. The van der Waals surface area contributed by atoms with Crippen molar-refractivity contribution >= 4 is 11.5 Å². The third-order valence-electron chi connectivity index (χ3n) is 1.33. The van der Waals surface area contributed by atoms with Crippen LogP contribution >= 0.6 is 11.5 Å². The molecule has 0 aliphatic carbocycles. The first-order valence-corrected chi connectivity index (χ1v) is 4.02. The Morgan fingerprint density at radius 1 is 1.67 bits per heavy atom. The Kier molecular flexibility index (Phi) is 2.22. The summed E-state index contributed by atoms with van der Waals surface area (Å²) in [5.74, 6) is 0. The van der Waals surface area contributed by atoms with Crippen LogP contribution in [0.5, 0.6) is 0 Å². The number of hydrogen-bond acceptors (Lipinski definition) is 2. The van der Waals surface area contributed by atoms with E-state index in [1.807, 2.05) is 6.20 Å². The summed E-state index contributed by atoms with van der Waals surface area (Å²) >= 11 is 1.62. The van der Waals surface area contributed by atoms with Crippen molar-refractivity contribution in [1.82, 2.24) is 4.37 Å². The number of aryl methyl sites for hydroxylation is 2. The molecule has 50 valence electrons. The highest BCUT2D eigenvalue weighted by molar-refractivity contribution is 7.05. The first-order valence-electron chi connectivity index (χ1n) is 3.24. The van der Waals surface area contributed by atoms with Crippen molar-refractivity contribution in [3.8, 4) is 0 Å². The molecule has 1 aromatic heterocycles. The number of rotatable bonds is 2. The minimum absolute atomic E-state index is 1.19. The van der Waals surface area contributed by atoms with Gasteiger partial charge in [-0.15, -0.1) is 0 Å². The van der Waals surface area contributed by atoms with Crippen LogP contribution in [0.2, 0.25) is 0 Å². The molecule has 0 aliphatic heterocycles. The molecule has 0 N–H and O–H groups in total. The van der Waals surface area contributed by atoms with Crippen LogP contribution in [0.25, 0.3) is 0 Å². The van der Waals surface area contributed by atoms with Crippen molar-refractivity contribution in [3.63, 3.8) is 0 Å². The van der Waals surface area contributed by atoms with E-state index in [9.17, 15) is 0 Å². The zero-order chi connectivity index (χ0) is 6.69. The van der Waals surface area contributed by atoms with E-state index in [1.165, 1.54) is 23.3 Å². The Bertz CT molecular complexity index is 181. The van der Waals surface area contributed by atoms with Gasteiger partial charge in [0.2, 0.25) is 0 Å². The zero-order valence-corrected chi connectivity index (χ0v) is 6.66. The molecule has 0 atom stereocenters. The molecule has 0 fully saturated rings. The van der Waals surface area contributed by atoms with E-state index in [4.69, 9.17) is 0 Å². The van der Waals surface area contributed by atoms with Crippen molar-refractivity contribution < 1.29 is 0 Å². The maximum Gasteiger partial charge on any atom is 0.0438 e. The van der Waals surface area contributed by atoms with Crippen LogP contribution in [0.3, 0.4) is 0 Å². The fourth-order valence-electron chi connectivity index (χ4n) is 0.783. The van der Waals surface area contributed by atoms with Gasteiger partial charge in [-0.25, -0.2) is 4.37 Å². The lowest BCUT2D eigenvalue weighted by Crippen LogP contribution is -1.78. The molecule has 0 bridgehead atoms. The predicted octanol–water partition coefficient (Wildman–Crippen LogP) is 2.40. The first-order chi connectivity index (χ1) is 4.34. The monoisotopic (exact) mass is 141 g/mol. The maximum absolute atomic E-state index is 4.08. The summed E-state index contributed by atoms with van der Waals surface area (Å²) in [6.45, 7) is 4.31. The summed E-state index contributed by atoms with van der Waals surface area (Å²) in [4.78, 5) is 1.44. The van der Waals surface area contributed by atoms with Gasteiger partial charge in [-0.2, -0.15) is 0 Å². The van der Waals surface area contributed by atoms with Gasteiger partial charge in [-0.1, -0.05) is 13.3 Å². The van der Waals surface area contributed by atoms with E-state index >= 15 is 0 Å².